The van der Waals surface area contributed by atoms with Crippen LogP contribution < -0.4 is 0 Å². The molecule has 31 heavy (non-hydrogen) atoms. The molecule has 6 nitrogen and oxygen atoms in total. The highest BCUT2D eigenvalue weighted by atomic mass is 35.5. The van der Waals surface area contributed by atoms with Gasteiger partial charge in [-0.05, 0) is 11.6 Å². The Balaban J connectivity index is 1.48. The summed E-state index contributed by atoms with van der Waals surface area (Å²) in [4.78, 5) is 20.4. The molecule has 1 aliphatic heterocycles. The summed E-state index contributed by atoms with van der Waals surface area (Å²) in [6.45, 7) is 2.35. The van der Waals surface area contributed by atoms with E-state index in [1.54, 1.807) is 0 Å². The van der Waals surface area contributed by atoms with E-state index in [4.69, 9.17) is 21.3 Å². The number of aromatic nitrogens is 3. The number of rotatable bonds is 5. The summed E-state index contributed by atoms with van der Waals surface area (Å²) < 4.78 is 9.84. The lowest BCUT2D eigenvalue weighted by atomic mass is 9.95. The summed E-state index contributed by atoms with van der Waals surface area (Å²) in [5.41, 5.74) is 5.00. The molecule has 0 unspecified atom stereocenters. The van der Waals surface area contributed by atoms with E-state index >= 15 is 0 Å². The fourth-order valence-electron chi connectivity index (χ4n) is 3.94. The molecule has 0 fully saturated rings. The molecular formula is C23H19ClN4O2S. The Labute approximate surface area is 188 Å². The summed E-state index contributed by atoms with van der Waals surface area (Å²) in [6.07, 6.45) is 0.787. The van der Waals surface area contributed by atoms with Crippen molar-refractivity contribution in [3.05, 3.63) is 87.0 Å². The Hall–Kier alpha value is -2.87. The van der Waals surface area contributed by atoms with E-state index in [1.807, 2.05) is 42.5 Å². The zero-order valence-electron chi connectivity index (χ0n) is 16.6. The van der Waals surface area contributed by atoms with E-state index in [2.05, 4.69) is 26.6 Å². The third kappa shape index (κ3) is 4.17. The molecule has 4 aromatic rings. The van der Waals surface area contributed by atoms with Crippen LogP contribution >= 0.6 is 23.1 Å². The second-order valence-corrected chi connectivity index (χ2v) is 8.80. The van der Waals surface area contributed by atoms with Crippen LogP contribution in [0.25, 0.3) is 10.9 Å². The third-order valence-corrected chi connectivity index (χ3v) is 6.41. The monoisotopic (exact) mass is 450 g/mol. The zero-order chi connectivity index (χ0) is 21.2. The predicted octanol–water partition coefficient (Wildman–Crippen LogP) is 4.66. The summed E-state index contributed by atoms with van der Waals surface area (Å²) in [5, 5.41) is 4.73. The molecule has 0 spiro atoms. The Morgan fingerprint density at radius 1 is 1.13 bits per heavy atom. The largest absolute Gasteiger partial charge is 0.455 e. The van der Waals surface area contributed by atoms with Gasteiger partial charge in [0.25, 0.3) is 0 Å². The Morgan fingerprint density at radius 3 is 2.74 bits per heavy atom. The normalized spacial score (nSPS) is 13.8. The van der Waals surface area contributed by atoms with Crippen LogP contribution in [0.3, 0.4) is 0 Å². The van der Waals surface area contributed by atoms with Crippen molar-refractivity contribution in [2.75, 3.05) is 6.54 Å². The molecule has 5 rings (SSSR count). The number of pyridine rings is 1. The number of benzene rings is 2. The van der Waals surface area contributed by atoms with E-state index in [0.29, 0.717) is 22.1 Å². The number of halogens is 1. The van der Waals surface area contributed by atoms with Crippen molar-refractivity contribution >= 4 is 40.0 Å². The molecule has 0 N–H and O–H groups in total. The van der Waals surface area contributed by atoms with Gasteiger partial charge in [0.05, 0.1) is 11.1 Å². The van der Waals surface area contributed by atoms with Gasteiger partial charge in [-0.25, -0.2) is 4.79 Å². The van der Waals surface area contributed by atoms with Crippen molar-refractivity contribution in [1.29, 1.82) is 0 Å². The van der Waals surface area contributed by atoms with Crippen LogP contribution in [0.15, 0.2) is 54.6 Å². The van der Waals surface area contributed by atoms with E-state index in [1.165, 1.54) is 5.56 Å². The molecule has 0 radical (unpaired) electrons. The topological polar surface area (TPSA) is 68.2 Å². The molecule has 0 amide bonds. The van der Waals surface area contributed by atoms with Gasteiger partial charge in [0, 0.05) is 54.2 Å². The van der Waals surface area contributed by atoms with Gasteiger partial charge in [0.2, 0.25) is 0 Å². The first-order chi connectivity index (χ1) is 15.2. The highest BCUT2D eigenvalue weighted by molar-refractivity contribution is 7.10. The minimum atomic E-state index is -0.388. The molecule has 0 atom stereocenters. The summed E-state index contributed by atoms with van der Waals surface area (Å²) >= 11 is 7.14. The zero-order valence-corrected chi connectivity index (χ0v) is 18.2. The average molecular weight is 451 g/mol. The van der Waals surface area contributed by atoms with Crippen LogP contribution in [0.5, 0.6) is 0 Å². The standard InChI is InChI=1S/C23H19ClN4O2S/c24-22-20(26-27-31-22)14-30-23(29)21-16-8-4-5-9-18(16)25-19-10-11-28(13-17(19)21)12-15-6-2-1-3-7-15/h1-9H,10-14H2. The molecule has 0 saturated carbocycles. The Morgan fingerprint density at radius 2 is 1.94 bits per heavy atom. The number of carbonyl (C=O) groups is 1. The molecule has 2 aromatic heterocycles. The SMILES string of the molecule is O=C(OCc1nnsc1Cl)c1c2c(nc3ccccc13)CCN(Cc1ccccc1)C2. The lowest BCUT2D eigenvalue weighted by Gasteiger charge is -2.30. The van der Waals surface area contributed by atoms with Gasteiger partial charge in [-0.1, -0.05) is 64.6 Å². The minimum Gasteiger partial charge on any atom is -0.455 e. The van der Waals surface area contributed by atoms with E-state index < -0.39 is 0 Å². The molecular weight excluding hydrogens is 432 g/mol. The molecule has 0 bridgehead atoms. The van der Waals surface area contributed by atoms with Crippen LogP contribution in [0.2, 0.25) is 4.34 Å². The van der Waals surface area contributed by atoms with Crippen molar-refractivity contribution in [3.8, 4) is 0 Å². The molecule has 156 valence electrons. The number of para-hydroxylation sites is 1. The highest BCUT2D eigenvalue weighted by Crippen LogP contribution is 2.30. The van der Waals surface area contributed by atoms with Crippen LogP contribution in [0, 0.1) is 0 Å². The smallest absolute Gasteiger partial charge is 0.339 e. The number of fused-ring (bicyclic) bond motifs is 2. The van der Waals surface area contributed by atoms with Crippen molar-refractivity contribution < 1.29 is 9.53 Å². The van der Waals surface area contributed by atoms with E-state index in [-0.39, 0.29) is 12.6 Å². The van der Waals surface area contributed by atoms with Crippen molar-refractivity contribution in [2.45, 2.75) is 26.1 Å². The van der Waals surface area contributed by atoms with E-state index in [0.717, 1.165) is 53.2 Å². The highest BCUT2D eigenvalue weighted by Gasteiger charge is 2.27. The maximum Gasteiger partial charge on any atom is 0.339 e. The van der Waals surface area contributed by atoms with Crippen molar-refractivity contribution in [2.24, 2.45) is 0 Å². The van der Waals surface area contributed by atoms with Gasteiger partial charge in [-0.15, -0.1) is 5.10 Å². The quantitative estimate of drug-likeness (QED) is 0.412. The maximum absolute atomic E-state index is 13.2. The molecule has 8 heteroatoms. The second kappa shape index (κ2) is 8.70. The first kappa shape index (κ1) is 20.1. The number of nitrogens with zero attached hydrogens (tertiary/aromatic N) is 4. The lowest BCUT2D eigenvalue weighted by molar-refractivity contribution is 0.0467. The molecule has 0 aliphatic carbocycles. The van der Waals surface area contributed by atoms with Gasteiger partial charge in [-0.3, -0.25) is 9.88 Å². The first-order valence-electron chi connectivity index (χ1n) is 9.99. The predicted molar refractivity (Wildman–Crippen MR) is 120 cm³/mol. The molecule has 3 heterocycles. The Kier molecular flexibility index (Phi) is 5.63. The second-order valence-electron chi connectivity index (χ2n) is 7.44. The van der Waals surface area contributed by atoms with Gasteiger partial charge < -0.3 is 4.74 Å². The molecule has 1 aliphatic rings. The molecule has 2 aromatic carbocycles. The van der Waals surface area contributed by atoms with Gasteiger partial charge in [0.15, 0.2) is 0 Å². The number of ether oxygens (including phenoxy) is 1. The fourth-order valence-corrected chi connectivity index (χ4v) is 4.55. The Bertz CT molecular complexity index is 1250. The van der Waals surface area contributed by atoms with Crippen LogP contribution in [-0.2, 0) is 30.9 Å². The summed E-state index contributed by atoms with van der Waals surface area (Å²) in [6, 6.07) is 18.1. The van der Waals surface area contributed by atoms with Crippen molar-refractivity contribution in [3.63, 3.8) is 0 Å². The number of hydrogen-bond acceptors (Lipinski definition) is 7. The lowest BCUT2D eigenvalue weighted by Crippen LogP contribution is -2.32. The van der Waals surface area contributed by atoms with Crippen LogP contribution in [-0.4, -0.2) is 32.0 Å². The average Bonchev–Trinajstić information content (AvgIpc) is 3.21. The van der Waals surface area contributed by atoms with Gasteiger partial charge in [0.1, 0.15) is 16.6 Å². The van der Waals surface area contributed by atoms with E-state index in [9.17, 15) is 4.79 Å². The number of hydrogen-bond donors (Lipinski definition) is 0. The maximum atomic E-state index is 13.2. The van der Waals surface area contributed by atoms with Crippen LogP contribution in [0.1, 0.15) is 32.9 Å². The van der Waals surface area contributed by atoms with Gasteiger partial charge >= 0.3 is 5.97 Å². The van der Waals surface area contributed by atoms with Crippen molar-refractivity contribution in [1.82, 2.24) is 19.5 Å². The third-order valence-electron chi connectivity index (χ3n) is 5.43. The molecule has 0 saturated heterocycles. The first-order valence-corrected chi connectivity index (χ1v) is 11.1. The van der Waals surface area contributed by atoms with Crippen LogP contribution in [0.4, 0.5) is 0 Å². The summed E-state index contributed by atoms with van der Waals surface area (Å²) in [5.74, 6) is -0.388. The minimum absolute atomic E-state index is 0.00663. The number of carbonyl (C=O) groups excluding carboxylic acids is 1. The summed E-state index contributed by atoms with van der Waals surface area (Å²) in [7, 11) is 0. The fraction of sp³-hybridized carbons (Fsp3) is 0.217. The number of esters is 1. The van der Waals surface area contributed by atoms with Gasteiger partial charge in [-0.2, -0.15) is 0 Å².